The molecule has 0 aliphatic rings. The van der Waals surface area contributed by atoms with Gasteiger partial charge < -0.3 is 4.74 Å². The Labute approximate surface area is 156 Å². The van der Waals surface area contributed by atoms with Crippen LogP contribution in [0.15, 0.2) is 60.9 Å². The van der Waals surface area contributed by atoms with Crippen molar-refractivity contribution in [2.45, 2.75) is 20.5 Å². The van der Waals surface area contributed by atoms with E-state index in [1.165, 1.54) is 6.20 Å². The van der Waals surface area contributed by atoms with Crippen LogP contribution in [0.4, 0.5) is 0 Å². The molecule has 0 amide bonds. The number of benzene rings is 1. The maximum Gasteiger partial charge on any atom is 0.340 e. The fourth-order valence-corrected chi connectivity index (χ4v) is 3.00. The second-order valence-corrected chi connectivity index (χ2v) is 6.31. The monoisotopic (exact) mass is 358 g/mol. The van der Waals surface area contributed by atoms with Crippen LogP contribution >= 0.6 is 0 Å². The highest BCUT2D eigenvalue weighted by molar-refractivity contribution is 5.89. The largest absolute Gasteiger partial charge is 0.457 e. The van der Waals surface area contributed by atoms with E-state index in [1.807, 2.05) is 50.2 Å². The number of ether oxygens (including phenoxy) is 1. The summed E-state index contributed by atoms with van der Waals surface area (Å²) in [4.78, 5) is 21.1. The predicted octanol–water partition coefficient (Wildman–Crippen LogP) is 3.79. The lowest BCUT2D eigenvalue weighted by molar-refractivity contribution is 0.0473. The molecular formula is C21H18N4O2. The quantitative estimate of drug-likeness (QED) is 0.519. The van der Waals surface area contributed by atoms with Crippen LogP contribution in [0.2, 0.25) is 0 Å². The molecule has 0 aliphatic carbocycles. The highest BCUT2D eigenvalue weighted by Gasteiger charge is 2.11. The van der Waals surface area contributed by atoms with Gasteiger partial charge >= 0.3 is 5.97 Å². The molecule has 27 heavy (non-hydrogen) atoms. The molecule has 3 aromatic heterocycles. The average molecular weight is 358 g/mol. The van der Waals surface area contributed by atoms with Crippen molar-refractivity contribution in [3.8, 4) is 5.82 Å². The van der Waals surface area contributed by atoms with Crippen LogP contribution in [0, 0.1) is 13.8 Å². The van der Waals surface area contributed by atoms with E-state index in [9.17, 15) is 4.79 Å². The molecular weight excluding hydrogens is 340 g/mol. The lowest BCUT2D eigenvalue weighted by Gasteiger charge is -2.08. The van der Waals surface area contributed by atoms with Crippen molar-refractivity contribution in [1.29, 1.82) is 0 Å². The SMILES string of the molecule is Cc1cc(C)n(-c2ccc(C(=O)OCc3cccc4cccnc34)cn2)n1. The number of esters is 1. The van der Waals surface area contributed by atoms with E-state index in [4.69, 9.17) is 4.74 Å². The van der Waals surface area contributed by atoms with Gasteiger partial charge in [0.15, 0.2) is 5.82 Å². The normalized spacial score (nSPS) is 10.9. The molecule has 0 atom stereocenters. The van der Waals surface area contributed by atoms with Crippen LogP contribution in [0.25, 0.3) is 16.7 Å². The Hall–Kier alpha value is -3.54. The number of carbonyl (C=O) groups is 1. The molecule has 4 rings (SSSR count). The maximum absolute atomic E-state index is 12.4. The molecule has 6 nitrogen and oxygen atoms in total. The van der Waals surface area contributed by atoms with Gasteiger partial charge in [0.1, 0.15) is 6.61 Å². The zero-order valence-corrected chi connectivity index (χ0v) is 15.1. The maximum atomic E-state index is 12.4. The van der Waals surface area contributed by atoms with Gasteiger partial charge in [-0.2, -0.15) is 5.10 Å². The molecule has 1 aromatic carbocycles. The number of rotatable bonds is 4. The Balaban J connectivity index is 1.49. The van der Waals surface area contributed by atoms with Gasteiger partial charge in [0.2, 0.25) is 0 Å². The van der Waals surface area contributed by atoms with E-state index >= 15 is 0 Å². The number of aryl methyl sites for hydroxylation is 2. The topological polar surface area (TPSA) is 69.9 Å². The minimum Gasteiger partial charge on any atom is -0.457 e. The Morgan fingerprint density at radius 2 is 1.93 bits per heavy atom. The zero-order valence-electron chi connectivity index (χ0n) is 15.1. The smallest absolute Gasteiger partial charge is 0.340 e. The van der Waals surface area contributed by atoms with E-state index in [-0.39, 0.29) is 6.61 Å². The lowest BCUT2D eigenvalue weighted by atomic mass is 10.1. The van der Waals surface area contributed by atoms with Crippen LogP contribution < -0.4 is 0 Å². The molecule has 0 saturated heterocycles. The molecule has 6 heteroatoms. The number of pyridine rings is 2. The molecule has 0 radical (unpaired) electrons. The molecule has 0 fully saturated rings. The Morgan fingerprint density at radius 3 is 2.67 bits per heavy atom. The van der Waals surface area contributed by atoms with E-state index < -0.39 is 5.97 Å². The Morgan fingerprint density at radius 1 is 1.07 bits per heavy atom. The first-order chi connectivity index (χ1) is 13.1. The van der Waals surface area contributed by atoms with Gasteiger partial charge in [-0.05, 0) is 38.1 Å². The van der Waals surface area contributed by atoms with Gasteiger partial charge in [0.25, 0.3) is 0 Å². The highest BCUT2D eigenvalue weighted by atomic mass is 16.5. The van der Waals surface area contributed by atoms with E-state index in [1.54, 1.807) is 23.0 Å². The molecule has 3 heterocycles. The summed E-state index contributed by atoms with van der Waals surface area (Å²) in [6, 6.07) is 15.1. The number of carbonyl (C=O) groups excluding carboxylic acids is 1. The van der Waals surface area contributed by atoms with Crippen LogP contribution in [-0.2, 0) is 11.3 Å². The predicted molar refractivity (Wildman–Crippen MR) is 102 cm³/mol. The molecule has 0 saturated carbocycles. The molecule has 4 aromatic rings. The third-order valence-electron chi connectivity index (χ3n) is 4.29. The highest BCUT2D eigenvalue weighted by Crippen LogP contribution is 2.17. The minimum absolute atomic E-state index is 0.159. The van der Waals surface area contributed by atoms with Crippen molar-refractivity contribution in [3.05, 3.63) is 83.4 Å². The van der Waals surface area contributed by atoms with Crippen molar-refractivity contribution < 1.29 is 9.53 Å². The first-order valence-corrected chi connectivity index (χ1v) is 8.61. The summed E-state index contributed by atoms with van der Waals surface area (Å²) >= 11 is 0. The van der Waals surface area contributed by atoms with Crippen molar-refractivity contribution in [3.63, 3.8) is 0 Å². The first kappa shape index (κ1) is 16.9. The van der Waals surface area contributed by atoms with Gasteiger partial charge in [0.05, 0.1) is 16.8 Å². The van der Waals surface area contributed by atoms with Crippen LogP contribution in [0.1, 0.15) is 27.3 Å². The van der Waals surface area contributed by atoms with E-state index in [0.29, 0.717) is 11.4 Å². The van der Waals surface area contributed by atoms with Gasteiger partial charge in [0, 0.05) is 29.0 Å². The van der Waals surface area contributed by atoms with Crippen LogP contribution in [0.3, 0.4) is 0 Å². The van der Waals surface area contributed by atoms with E-state index in [2.05, 4.69) is 15.1 Å². The standard InChI is InChI=1S/C21H18N4O2/c1-14-11-15(2)25(24-14)19-9-8-17(12-23-19)21(26)27-13-18-6-3-5-16-7-4-10-22-20(16)18/h3-12H,13H2,1-2H3. The average Bonchev–Trinajstić information content (AvgIpc) is 3.04. The summed E-state index contributed by atoms with van der Waals surface area (Å²) in [6.07, 6.45) is 3.24. The summed E-state index contributed by atoms with van der Waals surface area (Å²) in [5.41, 5.74) is 4.01. The van der Waals surface area contributed by atoms with Gasteiger partial charge in [-0.15, -0.1) is 0 Å². The summed E-state index contributed by atoms with van der Waals surface area (Å²) in [6.45, 7) is 4.05. The molecule has 0 bridgehead atoms. The summed E-state index contributed by atoms with van der Waals surface area (Å²) < 4.78 is 7.20. The molecule has 0 N–H and O–H groups in total. The van der Waals surface area contributed by atoms with Gasteiger partial charge in [-0.3, -0.25) is 4.98 Å². The molecule has 134 valence electrons. The fraction of sp³-hybridized carbons (Fsp3) is 0.143. The van der Waals surface area contributed by atoms with Crippen LogP contribution in [0.5, 0.6) is 0 Å². The summed E-state index contributed by atoms with van der Waals surface area (Å²) in [7, 11) is 0. The zero-order chi connectivity index (χ0) is 18.8. The first-order valence-electron chi connectivity index (χ1n) is 8.61. The molecule has 0 aliphatic heterocycles. The number of aromatic nitrogens is 4. The van der Waals surface area contributed by atoms with Crippen molar-refractivity contribution in [2.24, 2.45) is 0 Å². The van der Waals surface area contributed by atoms with Crippen molar-refractivity contribution in [1.82, 2.24) is 19.7 Å². The third kappa shape index (κ3) is 3.42. The Bertz CT molecular complexity index is 1110. The van der Waals surface area contributed by atoms with E-state index in [0.717, 1.165) is 27.9 Å². The number of fused-ring (bicyclic) bond motifs is 1. The minimum atomic E-state index is -0.421. The van der Waals surface area contributed by atoms with Gasteiger partial charge in [-0.25, -0.2) is 14.5 Å². The van der Waals surface area contributed by atoms with Gasteiger partial charge in [-0.1, -0.05) is 24.3 Å². The lowest BCUT2D eigenvalue weighted by Crippen LogP contribution is -2.08. The van der Waals surface area contributed by atoms with Crippen molar-refractivity contribution >= 4 is 16.9 Å². The van der Waals surface area contributed by atoms with Crippen molar-refractivity contribution in [2.75, 3.05) is 0 Å². The summed E-state index contributed by atoms with van der Waals surface area (Å²) in [5, 5.41) is 5.41. The number of hydrogen-bond donors (Lipinski definition) is 0. The summed E-state index contributed by atoms with van der Waals surface area (Å²) in [5.74, 6) is 0.241. The second-order valence-electron chi connectivity index (χ2n) is 6.31. The third-order valence-corrected chi connectivity index (χ3v) is 4.29. The number of nitrogens with zero attached hydrogens (tertiary/aromatic N) is 4. The molecule has 0 unspecified atom stereocenters. The number of para-hydroxylation sites is 1. The Kier molecular flexibility index (Phi) is 4.38. The van der Waals surface area contributed by atoms with Crippen LogP contribution in [-0.4, -0.2) is 25.7 Å². The fourth-order valence-electron chi connectivity index (χ4n) is 3.00. The molecule has 0 spiro atoms. The number of hydrogen-bond acceptors (Lipinski definition) is 5. The second kappa shape index (κ2) is 6.99.